The molecule has 14 heavy (non-hydrogen) atoms. The molecule has 74 valence electrons. The normalized spacial score (nSPS) is 25.1. The summed E-state index contributed by atoms with van der Waals surface area (Å²) in [5.41, 5.74) is 11.4. The summed E-state index contributed by atoms with van der Waals surface area (Å²) in [5, 5.41) is 0. The lowest BCUT2D eigenvalue weighted by Gasteiger charge is -2.30. The van der Waals surface area contributed by atoms with Crippen LogP contribution in [0.4, 0.5) is 5.69 Å². The van der Waals surface area contributed by atoms with Crippen molar-refractivity contribution in [3.8, 4) is 0 Å². The fourth-order valence-electron chi connectivity index (χ4n) is 3.06. The number of rotatable bonds is 0. The molecule has 2 nitrogen and oxygen atoms in total. The predicted molar refractivity (Wildman–Crippen MR) is 58.3 cm³/mol. The Morgan fingerprint density at radius 2 is 2.14 bits per heavy atom. The number of aryl methyl sites for hydroxylation is 1. The Morgan fingerprint density at radius 3 is 3.00 bits per heavy atom. The van der Waals surface area contributed by atoms with Gasteiger partial charge in [-0.3, -0.25) is 0 Å². The molecule has 0 saturated carbocycles. The van der Waals surface area contributed by atoms with Gasteiger partial charge in [-0.05, 0) is 54.6 Å². The van der Waals surface area contributed by atoms with Gasteiger partial charge < -0.3 is 10.6 Å². The topological polar surface area (TPSA) is 29.3 Å². The van der Waals surface area contributed by atoms with Crippen LogP contribution in [0.25, 0.3) is 0 Å². The van der Waals surface area contributed by atoms with E-state index in [-0.39, 0.29) is 0 Å². The Labute approximate surface area is 84.7 Å². The van der Waals surface area contributed by atoms with Gasteiger partial charge in [0, 0.05) is 18.8 Å². The van der Waals surface area contributed by atoms with Gasteiger partial charge in [0.2, 0.25) is 0 Å². The van der Waals surface area contributed by atoms with E-state index in [1.54, 1.807) is 5.56 Å². The average Bonchev–Trinajstić information content (AvgIpc) is 2.48. The number of likely N-dealkylation sites (N-methyl/N-ethyl adjacent to an activating group) is 1. The lowest BCUT2D eigenvalue weighted by molar-refractivity contribution is 0.282. The van der Waals surface area contributed by atoms with E-state index >= 15 is 0 Å². The summed E-state index contributed by atoms with van der Waals surface area (Å²) >= 11 is 0. The van der Waals surface area contributed by atoms with Gasteiger partial charge in [-0.1, -0.05) is 0 Å². The second kappa shape index (κ2) is 2.74. The van der Waals surface area contributed by atoms with Gasteiger partial charge >= 0.3 is 0 Å². The standard InChI is InChI=1S/C12H16N2/c1-14-6-9-3-2-8-4-11(13)5-10(7-14)12(8)9/h4-5,9H,2-3,6-7,13H2,1H3. The van der Waals surface area contributed by atoms with Gasteiger partial charge in [0.05, 0.1) is 0 Å². The van der Waals surface area contributed by atoms with Crippen LogP contribution < -0.4 is 5.73 Å². The molecule has 1 heterocycles. The predicted octanol–water partition coefficient (Wildman–Crippen LogP) is 1.74. The minimum atomic E-state index is 0.777. The van der Waals surface area contributed by atoms with Crippen LogP contribution in [-0.4, -0.2) is 18.5 Å². The number of nitrogens with two attached hydrogens (primary N) is 1. The Balaban J connectivity index is 2.18. The van der Waals surface area contributed by atoms with E-state index in [0.717, 1.165) is 18.2 Å². The quantitative estimate of drug-likeness (QED) is 0.628. The van der Waals surface area contributed by atoms with Gasteiger partial charge in [0.25, 0.3) is 0 Å². The van der Waals surface area contributed by atoms with Gasteiger partial charge in [0.15, 0.2) is 0 Å². The molecule has 2 heteroatoms. The molecule has 1 aromatic carbocycles. The van der Waals surface area contributed by atoms with Crippen LogP contribution in [0.5, 0.6) is 0 Å². The van der Waals surface area contributed by atoms with E-state index in [4.69, 9.17) is 5.73 Å². The molecule has 0 saturated heterocycles. The molecule has 0 amide bonds. The molecule has 0 radical (unpaired) electrons. The van der Waals surface area contributed by atoms with Crippen molar-refractivity contribution in [2.24, 2.45) is 0 Å². The molecule has 0 fully saturated rings. The summed E-state index contributed by atoms with van der Waals surface area (Å²) in [6, 6.07) is 4.33. The Kier molecular flexibility index (Phi) is 1.62. The van der Waals surface area contributed by atoms with E-state index < -0.39 is 0 Å². The molecule has 0 spiro atoms. The smallest absolute Gasteiger partial charge is 0.0320 e. The highest BCUT2D eigenvalue weighted by molar-refractivity contribution is 5.53. The Bertz CT molecular complexity index is 384. The number of hydrogen-bond acceptors (Lipinski definition) is 2. The van der Waals surface area contributed by atoms with Crippen molar-refractivity contribution >= 4 is 5.69 Å². The van der Waals surface area contributed by atoms with E-state index in [1.807, 2.05) is 0 Å². The Hall–Kier alpha value is -1.02. The monoisotopic (exact) mass is 188 g/mol. The fourth-order valence-corrected chi connectivity index (χ4v) is 3.06. The van der Waals surface area contributed by atoms with Gasteiger partial charge in [0.1, 0.15) is 0 Å². The Morgan fingerprint density at radius 1 is 1.36 bits per heavy atom. The minimum Gasteiger partial charge on any atom is -0.399 e. The second-order valence-corrected chi connectivity index (χ2v) is 4.69. The van der Waals surface area contributed by atoms with Gasteiger partial charge in [-0.2, -0.15) is 0 Å². The van der Waals surface area contributed by atoms with Crippen molar-refractivity contribution in [3.63, 3.8) is 0 Å². The molecule has 3 rings (SSSR count). The molecule has 1 aliphatic heterocycles. The lowest BCUT2D eigenvalue weighted by Crippen LogP contribution is -2.29. The molecule has 1 aromatic rings. The molecular weight excluding hydrogens is 172 g/mol. The third-order valence-corrected chi connectivity index (χ3v) is 3.52. The van der Waals surface area contributed by atoms with Crippen molar-refractivity contribution < 1.29 is 0 Å². The molecule has 0 bridgehead atoms. The van der Waals surface area contributed by atoms with Crippen LogP contribution >= 0.6 is 0 Å². The first kappa shape index (κ1) is 8.30. The minimum absolute atomic E-state index is 0.777. The van der Waals surface area contributed by atoms with Crippen molar-refractivity contribution in [2.45, 2.75) is 25.3 Å². The van der Waals surface area contributed by atoms with E-state index in [9.17, 15) is 0 Å². The number of nitrogens with zero attached hydrogens (tertiary/aromatic N) is 1. The molecule has 1 aliphatic carbocycles. The van der Waals surface area contributed by atoms with Crippen LogP contribution in [0.1, 0.15) is 29.0 Å². The summed E-state index contributed by atoms with van der Waals surface area (Å²) in [7, 11) is 2.20. The zero-order chi connectivity index (χ0) is 9.71. The summed E-state index contributed by atoms with van der Waals surface area (Å²) in [5.74, 6) is 0.777. The summed E-state index contributed by atoms with van der Waals surface area (Å²) in [4.78, 5) is 2.40. The second-order valence-electron chi connectivity index (χ2n) is 4.69. The molecule has 2 aliphatic rings. The molecular formula is C12H16N2. The average molecular weight is 188 g/mol. The highest BCUT2D eigenvalue weighted by atomic mass is 15.1. The van der Waals surface area contributed by atoms with E-state index in [2.05, 4.69) is 24.1 Å². The van der Waals surface area contributed by atoms with Crippen LogP contribution in [0.3, 0.4) is 0 Å². The van der Waals surface area contributed by atoms with Crippen LogP contribution in [0, 0.1) is 0 Å². The maximum Gasteiger partial charge on any atom is 0.0320 e. The van der Waals surface area contributed by atoms with E-state index in [1.165, 1.54) is 30.5 Å². The largest absolute Gasteiger partial charge is 0.399 e. The summed E-state index contributed by atoms with van der Waals surface area (Å²) in [6.07, 6.45) is 2.54. The first-order valence-corrected chi connectivity index (χ1v) is 5.34. The summed E-state index contributed by atoms with van der Waals surface area (Å²) < 4.78 is 0. The number of anilines is 1. The van der Waals surface area contributed by atoms with Crippen molar-refractivity contribution in [1.82, 2.24) is 4.90 Å². The number of benzene rings is 1. The highest BCUT2D eigenvalue weighted by Gasteiger charge is 2.30. The number of nitrogen functional groups attached to an aromatic ring is 1. The van der Waals surface area contributed by atoms with Crippen LogP contribution in [0.2, 0.25) is 0 Å². The third-order valence-electron chi connectivity index (χ3n) is 3.52. The molecule has 1 atom stereocenters. The maximum atomic E-state index is 5.90. The third kappa shape index (κ3) is 1.07. The SMILES string of the molecule is CN1Cc2cc(N)cc3c2C(CC3)C1. The van der Waals surface area contributed by atoms with E-state index in [0.29, 0.717) is 0 Å². The lowest BCUT2D eigenvalue weighted by atomic mass is 9.91. The van der Waals surface area contributed by atoms with Crippen molar-refractivity contribution in [2.75, 3.05) is 19.3 Å². The molecule has 0 aromatic heterocycles. The van der Waals surface area contributed by atoms with Crippen LogP contribution in [0.15, 0.2) is 12.1 Å². The molecule has 2 N–H and O–H groups in total. The highest BCUT2D eigenvalue weighted by Crippen LogP contribution is 2.40. The van der Waals surface area contributed by atoms with Crippen molar-refractivity contribution in [3.05, 3.63) is 28.8 Å². The fraction of sp³-hybridized carbons (Fsp3) is 0.500. The van der Waals surface area contributed by atoms with Gasteiger partial charge in [-0.25, -0.2) is 0 Å². The first-order chi connectivity index (χ1) is 6.74. The zero-order valence-corrected chi connectivity index (χ0v) is 8.59. The molecule has 1 unspecified atom stereocenters. The maximum absolute atomic E-state index is 5.90. The van der Waals surface area contributed by atoms with Gasteiger partial charge in [-0.15, -0.1) is 0 Å². The number of hydrogen-bond donors (Lipinski definition) is 1. The first-order valence-electron chi connectivity index (χ1n) is 5.34. The van der Waals surface area contributed by atoms with Crippen LogP contribution in [-0.2, 0) is 13.0 Å². The zero-order valence-electron chi connectivity index (χ0n) is 8.59. The summed E-state index contributed by atoms with van der Waals surface area (Å²) in [6.45, 7) is 2.30. The van der Waals surface area contributed by atoms with Crippen molar-refractivity contribution in [1.29, 1.82) is 0 Å².